The molecule has 0 saturated heterocycles. The molecule has 9 heteroatoms. The van der Waals surface area contributed by atoms with E-state index in [9.17, 15) is 18.3 Å². The van der Waals surface area contributed by atoms with Crippen LogP contribution in [0, 0.1) is 0 Å². The molecule has 3 N–H and O–H groups in total. The highest BCUT2D eigenvalue weighted by molar-refractivity contribution is 7.89. The molecular formula is C16H12ClN3O4S. The van der Waals surface area contributed by atoms with Gasteiger partial charge in [0.1, 0.15) is 4.90 Å². The van der Waals surface area contributed by atoms with E-state index in [-0.39, 0.29) is 16.3 Å². The molecule has 1 heterocycles. The fourth-order valence-corrected chi connectivity index (χ4v) is 3.35. The van der Waals surface area contributed by atoms with Gasteiger partial charge in [0.05, 0.1) is 11.4 Å². The molecule has 3 rings (SSSR count). The number of rotatable bonds is 4. The summed E-state index contributed by atoms with van der Waals surface area (Å²) in [4.78, 5) is 11.2. The Hall–Kier alpha value is -2.68. The maximum absolute atomic E-state index is 11.9. The highest BCUT2D eigenvalue weighted by Crippen LogP contribution is 2.31. The van der Waals surface area contributed by atoms with Gasteiger partial charge in [-0.1, -0.05) is 41.9 Å². The number of hydrogen-bond acceptors (Lipinski definition) is 4. The molecule has 1 aromatic heterocycles. The van der Waals surface area contributed by atoms with E-state index in [0.29, 0.717) is 16.3 Å². The quantitative estimate of drug-likeness (QED) is 0.724. The van der Waals surface area contributed by atoms with Gasteiger partial charge in [0.15, 0.2) is 5.69 Å². The van der Waals surface area contributed by atoms with Crippen LogP contribution < -0.4 is 5.14 Å². The highest BCUT2D eigenvalue weighted by Gasteiger charge is 2.22. The lowest BCUT2D eigenvalue weighted by Crippen LogP contribution is -2.16. The molecule has 0 amide bonds. The molecule has 3 aromatic rings. The van der Waals surface area contributed by atoms with Crippen LogP contribution in [-0.4, -0.2) is 29.3 Å². The zero-order valence-corrected chi connectivity index (χ0v) is 14.2. The number of aromatic carboxylic acids is 1. The molecule has 0 bridgehead atoms. The first-order chi connectivity index (χ1) is 11.8. The number of sulfonamides is 1. The lowest BCUT2D eigenvalue weighted by Gasteiger charge is -2.12. The molecule has 0 radical (unpaired) electrons. The summed E-state index contributed by atoms with van der Waals surface area (Å²) in [6.45, 7) is 0. The van der Waals surface area contributed by atoms with E-state index in [2.05, 4.69) is 5.10 Å². The van der Waals surface area contributed by atoms with Gasteiger partial charge in [0.25, 0.3) is 0 Å². The summed E-state index contributed by atoms with van der Waals surface area (Å²) in [5.74, 6) is -1.25. The number of para-hydroxylation sites is 1. The van der Waals surface area contributed by atoms with Gasteiger partial charge < -0.3 is 5.11 Å². The molecule has 0 atom stereocenters. The summed E-state index contributed by atoms with van der Waals surface area (Å²) in [5, 5.41) is 18.9. The van der Waals surface area contributed by atoms with Gasteiger partial charge >= 0.3 is 5.97 Å². The van der Waals surface area contributed by atoms with Crippen LogP contribution >= 0.6 is 11.6 Å². The Morgan fingerprint density at radius 3 is 2.40 bits per heavy atom. The summed E-state index contributed by atoms with van der Waals surface area (Å²) in [6.07, 6.45) is 0. The lowest BCUT2D eigenvalue weighted by atomic mass is 10.1. The van der Waals surface area contributed by atoms with Crippen LogP contribution in [0.15, 0.2) is 59.5 Å². The van der Waals surface area contributed by atoms with Crippen molar-refractivity contribution in [3.63, 3.8) is 0 Å². The maximum atomic E-state index is 11.9. The van der Waals surface area contributed by atoms with Crippen LogP contribution in [0.5, 0.6) is 0 Å². The number of halogens is 1. The van der Waals surface area contributed by atoms with Crippen molar-refractivity contribution in [1.29, 1.82) is 0 Å². The summed E-state index contributed by atoms with van der Waals surface area (Å²) in [7, 11) is -4.04. The Morgan fingerprint density at radius 1 is 1.12 bits per heavy atom. The smallest absolute Gasteiger partial charge is 0.356 e. The van der Waals surface area contributed by atoms with E-state index in [4.69, 9.17) is 16.7 Å². The molecule has 0 spiro atoms. The topological polar surface area (TPSA) is 115 Å². The average molecular weight is 378 g/mol. The number of benzene rings is 2. The third kappa shape index (κ3) is 3.27. The van der Waals surface area contributed by atoms with Crippen molar-refractivity contribution < 1.29 is 18.3 Å². The molecule has 25 heavy (non-hydrogen) atoms. The van der Waals surface area contributed by atoms with Crippen molar-refractivity contribution in [2.24, 2.45) is 5.14 Å². The van der Waals surface area contributed by atoms with Crippen LogP contribution in [0.1, 0.15) is 10.5 Å². The second-order valence-electron chi connectivity index (χ2n) is 5.12. The standard InChI is InChI=1S/C16H12ClN3O4S/c17-11-6-2-1-5-10(11)14-9-12(16(21)22)19-20(14)13-7-3-4-8-15(13)25(18,23)24/h1-9H,(H,21,22)(H2,18,23,24). The number of aromatic nitrogens is 2. The SMILES string of the molecule is NS(=O)(=O)c1ccccc1-n1nc(C(=O)O)cc1-c1ccccc1Cl. The Kier molecular flexibility index (Phi) is 4.34. The van der Waals surface area contributed by atoms with E-state index in [1.165, 1.54) is 28.9 Å². The van der Waals surface area contributed by atoms with Gasteiger partial charge in [-0.25, -0.2) is 23.0 Å². The predicted molar refractivity (Wildman–Crippen MR) is 92.3 cm³/mol. The third-order valence-corrected chi connectivity index (χ3v) is 4.77. The number of carboxylic acids is 1. The van der Waals surface area contributed by atoms with E-state index < -0.39 is 16.0 Å². The largest absolute Gasteiger partial charge is 0.476 e. The van der Waals surface area contributed by atoms with Gasteiger partial charge in [0.2, 0.25) is 10.0 Å². The summed E-state index contributed by atoms with van der Waals surface area (Å²) in [6, 6.07) is 14.0. The molecule has 128 valence electrons. The van der Waals surface area contributed by atoms with Gasteiger partial charge in [-0.3, -0.25) is 0 Å². The minimum absolute atomic E-state index is 0.132. The molecule has 0 unspecified atom stereocenters. The number of carbonyl (C=O) groups is 1. The van der Waals surface area contributed by atoms with Gasteiger partial charge in [-0.15, -0.1) is 0 Å². The molecule has 0 aliphatic heterocycles. The van der Waals surface area contributed by atoms with Crippen LogP contribution in [0.3, 0.4) is 0 Å². The van der Waals surface area contributed by atoms with E-state index in [1.54, 1.807) is 30.3 Å². The molecule has 2 aromatic carbocycles. The Bertz CT molecular complexity index is 1080. The summed E-state index contributed by atoms with van der Waals surface area (Å²) >= 11 is 6.21. The summed E-state index contributed by atoms with van der Waals surface area (Å²) in [5.41, 5.74) is 0.721. The predicted octanol–water partition coefficient (Wildman–Crippen LogP) is 2.54. The van der Waals surface area contributed by atoms with Crippen LogP contribution in [0.25, 0.3) is 16.9 Å². The molecule has 0 aliphatic rings. The number of nitrogens with two attached hydrogens (primary N) is 1. The van der Waals surface area contributed by atoms with Crippen molar-refractivity contribution in [2.45, 2.75) is 4.90 Å². The number of carboxylic acid groups (broad SMARTS) is 1. The fourth-order valence-electron chi connectivity index (χ4n) is 2.40. The van der Waals surface area contributed by atoms with E-state index in [1.807, 2.05) is 0 Å². The van der Waals surface area contributed by atoms with Gasteiger partial charge in [-0.2, -0.15) is 5.10 Å². The van der Waals surface area contributed by atoms with Crippen LogP contribution in [0.4, 0.5) is 0 Å². The molecule has 0 aliphatic carbocycles. The molecular weight excluding hydrogens is 366 g/mol. The zero-order valence-electron chi connectivity index (χ0n) is 12.6. The van der Waals surface area contributed by atoms with Crippen LogP contribution in [-0.2, 0) is 10.0 Å². The Labute approximate surface area is 148 Å². The maximum Gasteiger partial charge on any atom is 0.356 e. The zero-order chi connectivity index (χ0) is 18.2. The average Bonchev–Trinajstić information content (AvgIpc) is 3.00. The number of nitrogens with zero attached hydrogens (tertiary/aromatic N) is 2. The van der Waals surface area contributed by atoms with Gasteiger partial charge in [0, 0.05) is 10.6 Å². The van der Waals surface area contributed by atoms with Crippen molar-refractivity contribution in [3.05, 3.63) is 65.3 Å². The normalized spacial score (nSPS) is 11.4. The van der Waals surface area contributed by atoms with Crippen molar-refractivity contribution in [3.8, 4) is 16.9 Å². The molecule has 7 nitrogen and oxygen atoms in total. The second-order valence-corrected chi connectivity index (χ2v) is 7.06. The van der Waals surface area contributed by atoms with E-state index in [0.717, 1.165) is 0 Å². The van der Waals surface area contributed by atoms with Crippen molar-refractivity contribution in [2.75, 3.05) is 0 Å². The van der Waals surface area contributed by atoms with Gasteiger partial charge in [-0.05, 0) is 24.3 Å². The Balaban J connectivity index is 2.35. The minimum atomic E-state index is -4.04. The third-order valence-electron chi connectivity index (χ3n) is 3.48. The molecule has 0 fully saturated rings. The first-order valence-electron chi connectivity index (χ1n) is 6.99. The second kappa shape index (κ2) is 6.32. The fraction of sp³-hybridized carbons (Fsp3) is 0. The van der Waals surface area contributed by atoms with E-state index >= 15 is 0 Å². The lowest BCUT2D eigenvalue weighted by molar-refractivity contribution is 0.0690. The molecule has 0 saturated carbocycles. The number of primary sulfonamides is 1. The number of hydrogen-bond donors (Lipinski definition) is 2. The van der Waals surface area contributed by atoms with Crippen molar-refractivity contribution >= 4 is 27.6 Å². The first kappa shape index (κ1) is 17.2. The highest BCUT2D eigenvalue weighted by atomic mass is 35.5. The van der Waals surface area contributed by atoms with Crippen LogP contribution in [0.2, 0.25) is 5.02 Å². The summed E-state index contributed by atoms with van der Waals surface area (Å²) < 4.78 is 25.0. The Morgan fingerprint density at radius 2 is 1.76 bits per heavy atom. The minimum Gasteiger partial charge on any atom is -0.476 e. The first-order valence-corrected chi connectivity index (χ1v) is 8.92. The van der Waals surface area contributed by atoms with Crippen molar-refractivity contribution in [1.82, 2.24) is 9.78 Å². The monoisotopic (exact) mass is 377 g/mol.